The number of amides is 3. The van der Waals surface area contributed by atoms with Gasteiger partial charge >= 0.3 is 6.03 Å². The van der Waals surface area contributed by atoms with Crippen molar-refractivity contribution in [3.8, 4) is 0 Å². The summed E-state index contributed by atoms with van der Waals surface area (Å²) in [5, 5.41) is 0. The van der Waals surface area contributed by atoms with Gasteiger partial charge in [0, 0.05) is 39.3 Å². The lowest BCUT2D eigenvalue weighted by Crippen LogP contribution is -2.49. The number of nitrogens with zero attached hydrogens (tertiary/aromatic N) is 3. The molecule has 2 aliphatic heterocycles. The highest BCUT2D eigenvalue weighted by Gasteiger charge is 2.57. The fourth-order valence-corrected chi connectivity index (χ4v) is 3.27. The zero-order valence-electron chi connectivity index (χ0n) is 12.2. The largest absolute Gasteiger partial charge is 0.327 e. The third kappa shape index (κ3) is 2.01. The van der Waals surface area contributed by atoms with Gasteiger partial charge in [0.05, 0.1) is 0 Å². The normalized spacial score (nSPS) is 26.4. The van der Waals surface area contributed by atoms with Crippen molar-refractivity contribution in [1.82, 2.24) is 14.7 Å². The minimum atomic E-state index is -0.781. The van der Waals surface area contributed by atoms with Crippen LogP contribution in [0.1, 0.15) is 12.0 Å². The summed E-state index contributed by atoms with van der Waals surface area (Å²) in [4.78, 5) is 29.1. The molecule has 1 unspecified atom stereocenters. The molecule has 3 amide bonds. The van der Waals surface area contributed by atoms with Crippen molar-refractivity contribution in [2.24, 2.45) is 0 Å². The molecule has 0 N–H and O–H groups in total. The van der Waals surface area contributed by atoms with E-state index in [0.717, 1.165) is 0 Å². The van der Waals surface area contributed by atoms with Crippen LogP contribution < -0.4 is 0 Å². The van der Waals surface area contributed by atoms with E-state index in [1.54, 1.807) is 25.2 Å². The van der Waals surface area contributed by atoms with Gasteiger partial charge in [0.25, 0.3) is 5.91 Å². The Kier molecular flexibility index (Phi) is 3.20. The van der Waals surface area contributed by atoms with Crippen LogP contribution in [0.3, 0.4) is 0 Å². The van der Waals surface area contributed by atoms with Crippen molar-refractivity contribution in [1.29, 1.82) is 0 Å². The van der Waals surface area contributed by atoms with E-state index >= 15 is 0 Å². The first-order valence-corrected chi connectivity index (χ1v) is 6.97. The number of hydrogen-bond acceptors (Lipinski definition) is 3. The third-order valence-electron chi connectivity index (χ3n) is 4.60. The van der Waals surface area contributed by atoms with Crippen molar-refractivity contribution >= 4 is 11.9 Å². The molecule has 1 atom stereocenters. The van der Waals surface area contributed by atoms with Gasteiger partial charge in [0.15, 0.2) is 0 Å². The SMILES string of the molecule is CN1C(=O)N(C)C2(CCN(Cc3ccccc3F)C2)C1=O. The number of likely N-dealkylation sites (tertiary alicyclic amines) is 1. The maximum Gasteiger partial charge on any atom is 0.327 e. The van der Waals surface area contributed by atoms with Gasteiger partial charge in [0.1, 0.15) is 11.4 Å². The van der Waals surface area contributed by atoms with Crippen LogP contribution in [0, 0.1) is 5.82 Å². The standard InChI is InChI=1S/C15H18FN3O2/c1-17-13(20)15(18(2)14(17)21)7-8-19(10-15)9-11-5-3-4-6-12(11)16/h3-6H,7-10H2,1-2H3. The molecule has 2 saturated heterocycles. The smallest absolute Gasteiger partial charge is 0.311 e. The number of halogens is 1. The summed E-state index contributed by atoms with van der Waals surface area (Å²) < 4.78 is 13.7. The van der Waals surface area contributed by atoms with E-state index in [1.807, 2.05) is 4.90 Å². The van der Waals surface area contributed by atoms with Gasteiger partial charge < -0.3 is 4.90 Å². The lowest BCUT2D eigenvalue weighted by molar-refractivity contribution is -0.131. The minimum Gasteiger partial charge on any atom is -0.311 e. The predicted molar refractivity (Wildman–Crippen MR) is 75.0 cm³/mol. The summed E-state index contributed by atoms with van der Waals surface area (Å²) in [5.74, 6) is -0.399. The molecule has 0 aliphatic carbocycles. The Balaban J connectivity index is 1.78. The first-order chi connectivity index (χ1) is 9.95. The van der Waals surface area contributed by atoms with Gasteiger partial charge in [-0.25, -0.2) is 9.18 Å². The molecule has 21 heavy (non-hydrogen) atoms. The Morgan fingerprint density at radius 1 is 1.24 bits per heavy atom. The lowest BCUT2D eigenvalue weighted by Gasteiger charge is -2.28. The van der Waals surface area contributed by atoms with E-state index in [2.05, 4.69) is 0 Å². The molecule has 5 nitrogen and oxygen atoms in total. The summed E-state index contributed by atoms with van der Waals surface area (Å²) in [7, 11) is 3.17. The van der Waals surface area contributed by atoms with Crippen molar-refractivity contribution in [3.05, 3.63) is 35.6 Å². The lowest BCUT2D eigenvalue weighted by atomic mass is 9.97. The minimum absolute atomic E-state index is 0.161. The molecule has 112 valence electrons. The van der Waals surface area contributed by atoms with Gasteiger partial charge in [0.2, 0.25) is 0 Å². The topological polar surface area (TPSA) is 43.9 Å². The van der Waals surface area contributed by atoms with E-state index in [9.17, 15) is 14.0 Å². The van der Waals surface area contributed by atoms with Crippen LogP contribution in [0.2, 0.25) is 0 Å². The first-order valence-electron chi connectivity index (χ1n) is 6.97. The number of likely N-dealkylation sites (N-methyl/N-ethyl adjacent to an activating group) is 2. The number of carbonyl (C=O) groups excluding carboxylic acids is 2. The first kappa shape index (κ1) is 14.0. The van der Waals surface area contributed by atoms with Crippen LogP contribution in [0.25, 0.3) is 0 Å². The monoisotopic (exact) mass is 291 g/mol. The molecule has 2 heterocycles. The van der Waals surface area contributed by atoms with Crippen LogP contribution in [-0.4, -0.2) is 59.4 Å². The van der Waals surface area contributed by atoms with Gasteiger partial charge in [-0.2, -0.15) is 0 Å². The van der Waals surface area contributed by atoms with E-state index < -0.39 is 5.54 Å². The summed E-state index contributed by atoms with van der Waals surface area (Å²) in [6.07, 6.45) is 0.590. The molecule has 6 heteroatoms. The summed E-state index contributed by atoms with van der Waals surface area (Å²) in [5.41, 5.74) is -0.167. The Labute approximate surface area is 122 Å². The molecule has 0 bridgehead atoms. The van der Waals surface area contributed by atoms with Gasteiger partial charge in [-0.1, -0.05) is 18.2 Å². The second kappa shape index (κ2) is 4.80. The summed E-state index contributed by atoms with van der Waals surface area (Å²) in [6, 6.07) is 6.37. The average molecular weight is 291 g/mol. The number of benzene rings is 1. The molecule has 0 radical (unpaired) electrons. The van der Waals surface area contributed by atoms with Crippen molar-refractivity contribution in [2.45, 2.75) is 18.5 Å². The summed E-state index contributed by atoms with van der Waals surface area (Å²) in [6.45, 7) is 1.58. The van der Waals surface area contributed by atoms with Crippen LogP contribution in [0.15, 0.2) is 24.3 Å². The second-order valence-corrected chi connectivity index (χ2v) is 5.79. The van der Waals surface area contributed by atoms with Crippen LogP contribution >= 0.6 is 0 Å². The Bertz CT molecular complexity index is 606. The molecular weight excluding hydrogens is 273 g/mol. The zero-order valence-corrected chi connectivity index (χ0v) is 12.2. The van der Waals surface area contributed by atoms with E-state index in [-0.39, 0.29) is 17.8 Å². The Morgan fingerprint density at radius 3 is 2.57 bits per heavy atom. The number of carbonyl (C=O) groups is 2. The van der Waals surface area contributed by atoms with Crippen molar-refractivity contribution in [3.63, 3.8) is 0 Å². The number of imide groups is 1. The fraction of sp³-hybridized carbons (Fsp3) is 0.467. The molecule has 1 aromatic rings. The highest BCUT2D eigenvalue weighted by Crippen LogP contribution is 2.35. The highest BCUT2D eigenvalue weighted by molar-refractivity contribution is 6.07. The van der Waals surface area contributed by atoms with Crippen LogP contribution in [0.5, 0.6) is 0 Å². The van der Waals surface area contributed by atoms with E-state index in [4.69, 9.17) is 0 Å². The quantitative estimate of drug-likeness (QED) is 0.771. The predicted octanol–water partition coefficient (Wildman–Crippen LogP) is 1.29. The number of hydrogen-bond donors (Lipinski definition) is 0. The second-order valence-electron chi connectivity index (χ2n) is 5.79. The van der Waals surface area contributed by atoms with E-state index in [0.29, 0.717) is 31.6 Å². The number of rotatable bonds is 2. The van der Waals surface area contributed by atoms with Crippen LogP contribution in [0.4, 0.5) is 9.18 Å². The molecule has 1 aromatic carbocycles. The van der Waals surface area contributed by atoms with Gasteiger partial charge in [-0.15, -0.1) is 0 Å². The van der Waals surface area contributed by atoms with Gasteiger partial charge in [-0.05, 0) is 12.5 Å². The molecule has 1 spiro atoms. The summed E-state index contributed by atoms with van der Waals surface area (Å²) >= 11 is 0. The maximum atomic E-state index is 13.7. The molecule has 2 aliphatic rings. The average Bonchev–Trinajstić information content (AvgIpc) is 2.96. The fourth-order valence-electron chi connectivity index (χ4n) is 3.27. The molecule has 3 rings (SSSR count). The molecular formula is C15H18FN3O2. The molecule has 0 saturated carbocycles. The highest BCUT2D eigenvalue weighted by atomic mass is 19.1. The van der Waals surface area contributed by atoms with Crippen LogP contribution in [-0.2, 0) is 11.3 Å². The van der Waals surface area contributed by atoms with Crippen molar-refractivity contribution < 1.29 is 14.0 Å². The number of urea groups is 1. The van der Waals surface area contributed by atoms with Gasteiger partial charge in [-0.3, -0.25) is 14.6 Å². The maximum absolute atomic E-state index is 13.7. The zero-order chi connectivity index (χ0) is 15.2. The molecule has 0 aromatic heterocycles. The third-order valence-corrected chi connectivity index (χ3v) is 4.60. The Morgan fingerprint density at radius 2 is 1.95 bits per heavy atom. The van der Waals surface area contributed by atoms with Crippen molar-refractivity contribution in [2.75, 3.05) is 27.2 Å². The van der Waals surface area contributed by atoms with E-state index in [1.165, 1.54) is 22.9 Å². The molecule has 2 fully saturated rings. The Hall–Kier alpha value is -1.95.